The highest BCUT2D eigenvalue weighted by atomic mass is 35.5. The summed E-state index contributed by atoms with van der Waals surface area (Å²) in [5.41, 5.74) is 0. The third kappa shape index (κ3) is 4.72. The Labute approximate surface area is 190 Å². The molecule has 5 aromatic carbocycles. The first kappa shape index (κ1) is 21.3. The second-order valence-corrected chi connectivity index (χ2v) is 11.4. The van der Waals surface area contributed by atoms with E-state index in [0.29, 0.717) is 0 Å². The second kappa shape index (κ2) is 9.92. The summed E-state index contributed by atoms with van der Waals surface area (Å²) in [5, 5.41) is 7.42. The lowest BCUT2D eigenvalue weighted by molar-refractivity contribution is 1.72. The minimum absolute atomic E-state index is 0.822. The summed E-state index contributed by atoms with van der Waals surface area (Å²) < 4.78 is 0. The molecule has 152 valence electrons. The molecule has 0 fully saturated rings. The van der Waals surface area contributed by atoms with Crippen LogP contribution in [0.3, 0.4) is 0 Å². The first-order valence-corrected chi connectivity index (χ1v) is 13.0. The Hall–Kier alpha value is -2.92. The molecule has 2 heteroatoms. The molecule has 0 N–H and O–H groups in total. The van der Waals surface area contributed by atoms with Gasteiger partial charge in [0.25, 0.3) is 0 Å². The van der Waals surface area contributed by atoms with Gasteiger partial charge < -0.3 is 0 Å². The van der Waals surface area contributed by atoms with Gasteiger partial charge in [-0.15, -0.1) is 0 Å². The van der Waals surface area contributed by atoms with Crippen molar-refractivity contribution in [1.29, 1.82) is 0 Å². The van der Waals surface area contributed by atoms with E-state index in [2.05, 4.69) is 110 Å². The molecule has 0 unspecified atom stereocenters. The van der Waals surface area contributed by atoms with Crippen LogP contribution in [-0.4, -0.2) is 6.66 Å². The highest BCUT2D eigenvalue weighted by molar-refractivity contribution is 7.95. The van der Waals surface area contributed by atoms with Crippen molar-refractivity contribution < 1.29 is 0 Å². The molecule has 31 heavy (non-hydrogen) atoms. The van der Waals surface area contributed by atoms with Crippen LogP contribution in [0.25, 0.3) is 10.8 Å². The molecule has 5 rings (SSSR count). The summed E-state index contributed by atoms with van der Waals surface area (Å²) in [6.07, 6.45) is 0. The van der Waals surface area contributed by atoms with Gasteiger partial charge in [0.15, 0.2) is 0 Å². The average Bonchev–Trinajstić information content (AvgIpc) is 2.86. The van der Waals surface area contributed by atoms with E-state index in [1.807, 2.05) is 30.3 Å². The number of fused-ring (bicyclic) bond motifs is 1. The van der Waals surface area contributed by atoms with E-state index in [1.165, 1.54) is 21.3 Å². The van der Waals surface area contributed by atoms with E-state index in [4.69, 9.17) is 11.6 Å². The fraction of sp³-hybridized carbons (Fsp3) is 0.0345. The van der Waals surface area contributed by atoms with Crippen LogP contribution < -0.4 is 15.9 Å². The molecule has 0 nitrogen and oxygen atoms in total. The van der Waals surface area contributed by atoms with Crippen molar-refractivity contribution in [2.24, 2.45) is 0 Å². The van der Waals surface area contributed by atoms with Gasteiger partial charge in [0.05, 0.1) is 6.66 Å². The van der Waals surface area contributed by atoms with Crippen LogP contribution in [0, 0.1) is 0 Å². The largest absolute Gasteiger partial charge is 0.109 e. The highest BCUT2D eigenvalue weighted by Crippen LogP contribution is 2.51. The molecule has 0 atom stereocenters. The molecule has 0 saturated heterocycles. The first-order valence-electron chi connectivity index (χ1n) is 10.4. The monoisotopic (exact) mass is 439 g/mol. The third-order valence-electron chi connectivity index (χ3n) is 5.55. The van der Waals surface area contributed by atoms with Gasteiger partial charge in [0.2, 0.25) is 0 Å². The van der Waals surface area contributed by atoms with Crippen molar-refractivity contribution in [2.45, 2.75) is 0 Å². The van der Waals surface area contributed by atoms with E-state index in [0.717, 1.165) is 10.4 Å². The van der Waals surface area contributed by atoms with Gasteiger partial charge in [0.1, 0.15) is 23.2 Å². The van der Waals surface area contributed by atoms with Crippen molar-refractivity contribution in [3.8, 4) is 0 Å². The fourth-order valence-electron chi connectivity index (χ4n) is 3.81. The molecular weight excluding hydrogens is 415 g/mol. The zero-order valence-electron chi connectivity index (χ0n) is 17.5. The Bertz CT molecular complexity index is 1130. The molecule has 0 radical (unpaired) electrons. The summed E-state index contributed by atoms with van der Waals surface area (Å²) in [7, 11) is -1.53. The maximum absolute atomic E-state index is 5.96. The lowest BCUT2D eigenvalue weighted by atomic mass is 10.1. The molecule has 0 aliphatic rings. The van der Waals surface area contributed by atoms with Crippen LogP contribution >= 0.6 is 18.9 Å². The first-order chi connectivity index (χ1) is 15.2. The average molecular weight is 440 g/mol. The topological polar surface area (TPSA) is 0 Å². The van der Waals surface area contributed by atoms with Crippen molar-refractivity contribution in [2.75, 3.05) is 6.66 Å². The molecule has 0 saturated carbocycles. The van der Waals surface area contributed by atoms with Crippen LogP contribution in [0.5, 0.6) is 0 Å². The summed E-state index contributed by atoms with van der Waals surface area (Å²) in [6, 6.07) is 46.7. The smallest absolute Gasteiger partial charge is 0.0837 e. The molecule has 5 aromatic rings. The number of rotatable bonds is 3. The van der Waals surface area contributed by atoms with Crippen molar-refractivity contribution in [3.05, 3.63) is 138 Å². The van der Waals surface area contributed by atoms with Gasteiger partial charge in [0, 0.05) is 10.4 Å². The number of halogens is 1. The Morgan fingerprint density at radius 3 is 1.29 bits per heavy atom. The second-order valence-electron chi connectivity index (χ2n) is 7.47. The standard InChI is InChI=1S/C19H18P.C10H7Cl/c1-20(17-11-5-2-6-12-17,18-13-7-3-8-14-18)19-15-9-4-10-16-19;11-10-7-3-5-8-4-1-2-6-9(8)10/h2-16H,1H3;1-7H/q+1;. The van der Waals surface area contributed by atoms with Crippen molar-refractivity contribution in [1.82, 2.24) is 0 Å². The van der Waals surface area contributed by atoms with Crippen LogP contribution in [-0.2, 0) is 0 Å². The number of benzene rings is 5. The predicted molar refractivity (Wildman–Crippen MR) is 140 cm³/mol. The summed E-state index contributed by atoms with van der Waals surface area (Å²) in [6.45, 7) is 2.41. The quantitative estimate of drug-likeness (QED) is 0.263. The number of hydrogen-bond donors (Lipinski definition) is 0. The molecule has 0 aliphatic carbocycles. The lowest BCUT2D eigenvalue weighted by Crippen LogP contribution is -2.30. The predicted octanol–water partition coefficient (Wildman–Crippen LogP) is 7.10. The zero-order chi connectivity index (χ0) is 21.5. The third-order valence-corrected chi connectivity index (χ3v) is 9.88. The minimum Gasteiger partial charge on any atom is -0.0837 e. The Kier molecular flexibility index (Phi) is 6.82. The van der Waals surface area contributed by atoms with Gasteiger partial charge in [-0.3, -0.25) is 0 Å². The van der Waals surface area contributed by atoms with Crippen LogP contribution in [0.4, 0.5) is 0 Å². The Morgan fingerprint density at radius 2 is 0.839 bits per heavy atom. The Morgan fingerprint density at radius 1 is 0.452 bits per heavy atom. The highest BCUT2D eigenvalue weighted by Gasteiger charge is 2.39. The van der Waals surface area contributed by atoms with Gasteiger partial charge in [-0.05, 0) is 47.9 Å². The fourth-order valence-corrected chi connectivity index (χ4v) is 7.26. The van der Waals surface area contributed by atoms with Crippen LogP contribution in [0.1, 0.15) is 0 Å². The maximum Gasteiger partial charge on any atom is 0.109 e. The molecule has 0 aromatic heterocycles. The number of hydrogen-bond acceptors (Lipinski definition) is 0. The molecule has 0 amide bonds. The lowest BCUT2D eigenvalue weighted by Gasteiger charge is -2.22. The van der Waals surface area contributed by atoms with E-state index < -0.39 is 7.26 Å². The van der Waals surface area contributed by atoms with E-state index in [9.17, 15) is 0 Å². The van der Waals surface area contributed by atoms with E-state index >= 15 is 0 Å². The van der Waals surface area contributed by atoms with Crippen LogP contribution in [0.2, 0.25) is 5.02 Å². The summed E-state index contributed by atoms with van der Waals surface area (Å²) >= 11 is 5.96. The molecule has 0 bridgehead atoms. The van der Waals surface area contributed by atoms with E-state index in [-0.39, 0.29) is 0 Å². The molecule has 0 aliphatic heterocycles. The van der Waals surface area contributed by atoms with Gasteiger partial charge in [-0.25, -0.2) is 0 Å². The summed E-state index contributed by atoms with van der Waals surface area (Å²) in [5.74, 6) is 0. The molecule has 0 spiro atoms. The van der Waals surface area contributed by atoms with Crippen molar-refractivity contribution >= 4 is 45.5 Å². The molecule has 0 heterocycles. The minimum atomic E-state index is -1.53. The van der Waals surface area contributed by atoms with Gasteiger partial charge in [-0.1, -0.05) is 103 Å². The van der Waals surface area contributed by atoms with Gasteiger partial charge >= 0.3 is 0 Å². The SMILES string of the molecule is C[P+](c1ccccc1)(c1ccccc1)c1ccccc1.Clc1cccc2ccccc12. The van der Waals surface area contributed by atoms with E-state index in [1.54, 1.807) is 0 Å². The van der Waals surface area contributed by atoms with Gasteiger partial charge in [-0.2, -0.15) is 0 Å². The Balaban J connectivity index is 0.000000177. The van der Waals surface area contributed by atoms with Crippen LogP contribution in [0.15, 0.2) is 133 Å². The zero-order valence-corrected chi connectivity index (χ0v) is 19.2. The van der Waals surface area contributed by atoms with Crippen molar-refractivity contribution in [3.63, 3.8) is 0 Å². The molecular formula is C29H25ClP+. The summed E-state index contributed by atoms with van der Waals surface area (Å²) in [4.78, 5) is 0. The maximum atomic E-state index is 5.96. The normalized spacial score (nSPS) is 10.9.